The Hall–Kier alpha value is -2.39. The first-order valence-corrected chi connectivity index (χ1v) is 12.9. The number of hydrogen-bond donors (Lipinski definition) is 0. The molecule has 5 aromatic rings. The number of para-hydroxylation sites is 2. The number of hydrogen-bond acceptors (Lipinski definition) is 6. The van der Waals surface area contributed by atoms with Crippen LogP contribution in [0.2, 0.25) is 5.02 Å². The number of nitrogens with zero attached hydrogens (tertiary/aromatic N) is 4. The van der Waals surface area contributed by atoms with Gasteiger partial charge in [-0.2, -0.15) is 0 Å². The molecule has 0 bridgehead atoms. The molecule has 0 aliphatic heterocycles. The molecule has 0 saturated carbocycles. The van der Waals surface area contributed by atoms with E-state index in [-0.39, 0.29) is 5.82 Å². The molecule has 2 aromatic heterocycles. The molecule has 0 aliphatic carbocycles. The molecule has 0 atom stereocenters. The van der Waals surface area contributed by atoms with Crippen molar-refractivity contribution in [1.82, 2.24) is 19.7 Å². The van der Waals surface area contributed by atoms with Gasteiger partial charge in [-0.15, -0.1) is 21.5 Å². The molecule has 0 N–H and O–H groups in total. The Labute approximate surface area is 201 Å². The van der Waals surface area contributed by atoms with Crippen molar-refractivity contribution in [1.29, 1.82) is 0 Å². The first-order valence-electron chi connectivity index (χ1n) is 9.73. The normalized spacial score (nSPS) is 11.3. The van der Waals surface area contributed by atoms with Crippen LogP contribution in [0.5, 0.6) is 0 Å². The summed E-state index contributed by atoms with van der Waals surface area (Å²) in [4.78, 5) is 4.69. The van der Waals surface area contributed by atoms with Gasteiger partial charge in [-0.1, -0.05) is 71.5 Å². The van der Waals surface area contributed by atoms with Crippen molar-refractivity contribution in [3.63, 3.8) is 0 Å². The lowest BCUT2D eigenvalue weighted by Gasteiger charge is -2.10. The molecule has 0 saturated heterocycles. The van der Waals surface area contributed by atoms with E-state index < -0.39 is 0 Å². The Kier molecular flexibility index (Phi) is 6.45. The van der Waals surface area contributed by atoms with Crippen LogP contribution in [0.25, 0.3) is 15.9 Å². The van der Waals surface area contributed by atoms with Gasteiger partial charge >= 0.3 is 0 Å². The minimum Gasteiger partial charge on any atom is -0.273 e. The van der Waals surface area contributed by atoms with Crippen LogP contribution < -0.4 is 0 Å². The lowest BCUT2D eigenvalue weighted by molar-refractivity contribution is 0.617. The number of thioether (sulfide) groups is 2. The van der Waals surface area contributed by atoms with E-state index in [1.165, 1.54) is 17.8 Å². The molecular formula is C23H16ClFN4S3. The maximum atomic E-state index is 14.2. The van der Waals surface area contributed by atoms with E-state index in [1.807, 2.05) is 53.1 Å². The summed E-state index contributed by atoms with van der Waals surface area (Å²) in [6.07, 6.45) is 0. The minimum atomic E-state index is -0.317. The Morgan fingerprint density at radius 1 is 0.875 bits per heavy atom. The molecular weight excluding hydrogens is 483 g/mol. The SMILES string of the molecule is Fc1cccc(Cl)c1CSc1nnc(CSc2nc3ccccc3s2)n1-c1ccccc1. The van der Waals surface area contributed by atoms with Crippen molar-refractivity contribution >= 4 is 56.7 Å². The molecule has 4 nitrogen and oxygen atoms in total. The summed E-state index contributed by atoms with van der Waals surface area (Å²) < 4.78 is 18.4. The number of rotatable bonds is 7. The summed E-state index contributed by atoms with van der Waals surface area (Å²) >= 11 is 10.9. The minimum absolute atomic E-state index is 0.317. The van der Waals surface area contributed by atoms with Gasteiger partial charge in [0.15, 0.2) is 9.50 Å². The molecule has 0 fully saturated rings. The topological polar surface area (TPSA) is 43.6 Å². The third-order valence-electron chi connectivity index (χ3n) is 4.72. The molecule has 32 heavy (non-hydrogen) atoms. The summed E-state index contributed by atoms with van der Waals surface area (Å²) in [6, 6.07) is 22.8. The maximum absolute atomic E-state index is 14.2. The summed E-state index contributed by atoms with van der Waals surface area (Å²) in [7, 11) is 0. The van der Waals surface area contributed by atoms with Crippen molar-refractivity contribution in [3.8, 4) is 5.69 Å². The summed E-state index contributed by atoms with van der Waals surface area (Å²) in [5.41, 5.74) is 2.43. The highest BCUT2D eigenvalue weighted by Crippen LogP contribution is 2.34. The molecule has 3 aromatic carbocycles. The molecule has 0 radical (unpaired) electrons. The van der Waals surface area contributed by atoms with Crippen LogP contribution in [-0.2, 0) is 11.5 Å². The average molecular weight is 499 g/mol. The fourth-order valence-electron chi connectivity index (χ4n) is 3.17. The zero-order valence-electron chi connectivity index (χ0n) is 16.6. The average Bonchev–Trinajstić information content (AvgIpc) is 3.41. The molecule has 0 amide bonds. The smallest absolute Gasteiger partial charge is 0.196 e. The van der Waals surface area contributed by atoms with Crippen LogP contribution in [0.15, 0.2) is 82.3 Å². The zero-order chi connectivity index (χ0) is 21.9. The fourth-order valence-corrected chi connectivity index (χ4v) is 6.47. The van der Waals surface area contributed by atoms with Crippen molar-refractivity contribution in [2.75, 3.05) is 0 Å². The van der Waals surface area contributed by atoms with Crippen molar-refractivity contribution in [2.24, 2.45) is 0 Å². The number of thiazole rings is 1. The van der Waals surface area contributed by atoms with Crippen LogP contribution in [0.3, 0.4) is 0 Å². The standard InChI is InChI=1S/C23H16ClFN4S3/c24-17-9-6-10-18(25)16(17)13-30-22-28-27-21(29(22)15-7-2-1-3-8-15)14-31-23-26-19-11-4-5-12-20(19)32-23/h1-12H,13-14H2. The van der Waals surface area contributed by atoms with Crippen LogP contribution in [0.4, 0.5) is 4.39 Å². The predicted octanol–water partition coefficient (Wildman–Crippen LogP) is 7.25. The largest absolute Gasteiger partial charge is 0.273 e. The molecule has 5 rings (SSSR count). The van der Waals surface area contributed by atoms with Gasteiger partial charge in [0, 0.05) is 22.0 Å². The second-order valence-corrected chi connectivity index (χ2v) is 10.4. The summed E-state index contributed by atoms with van der Waals surface area (Å²) in [6.45, 7) is 0. The van der Waals surface area contributed by atoms with E-state index in [4.69, 9.17) is 16.6 Å². The zero-order valence-corrected chi connectivity index (χ0v) is 19.8. The van der Waals surface area contributed by atoms with E-state index >= 15 is 0 Å². The van der Waals surface area contributed by atoms with E-state index in [1.54, 1.807) is 35.2 Å². The molecule has 0 spiro atoms. The van der Waals surface area contributed by atoms with E-state index in [0.717, 1.165) is 26.1 Å². The predicted molar refractivity (Wildman–Crippen MR) is 132 cm³/mol. The van der Waals surface area contributed by atoms with Crippen LogP contribution >= 0.6 is 46.5 Å². The summed E-state index contributed by atoms with van der Waals surface area (Å²) in [5, 5.41) is 9.94. The molecule has 0 aliphatic rings. The third-order valence-corrected chi connectivity index (χ3v) is 8.21. The highest BCUT2D eigenvalue weighted by atomic mass is 35.5. The second kappa shape index (κ2) is 9.62. The molecule has 9 heteroatoms. The first kappa shape index (κ1) is 21.5. The van der Waals surface area contributed by atoms with Gasteiger partial charge in [0.25, 0.3) is 0 Å². The molecule has 2 heterocycles. The quantitative estimate of drug-likeness (QED) is 0.221. The van der Waals surface area contributed by atoms with Crippen LogP contribution in [0.1, 0.15) is 11.4 Å². The Morgan fingerprint density at radius 2 is 1.69 bits per heavy atom. The Bertz CT molecular complexity index is 1320. The van der Waals surface area contributed by atoms with Crippen LogP contribution in [0, 0.1) is 5.82 Å². The van der Waals surface area contributed by atoms with E-state index in [0.29, 0.717) is 27.2 Å². The Morgan fingerprint density at radius 3 is 2.50 bits per heavy atom. The highest BCUT2D eigenvalue weighted by molar-refractivity contribution is 8.00. The van der Waals surface area contributed by atoms with Gasteiger partial charge in [-0.25, -0.2) is 9.37 Å². The lowest BCUT2D eigenvalue weighted by Crippen LogP contribution is -2.02. The van der Waals surface area contributed by atoms with Crippen LogP contribution in [-0.4, -0.2) is 19.7 Å². The van der Waals surface area contributed by atoms with Gasteiger partial charge < -0.3 is 0 Å². The van der Waals surface area contributed by atoms with E-state index in [2.05, 4.69) is 16.3 Å². The third kappa shape index (κ3) is 4.54. The number of aromatic nitrogens is 4. The Balaban J connectivity index is 1.42. The van der Waals surface area contributed by atoms with Crippen molar-refractivity contribution in [2.45, 2.75) is 21.0 Å². The molecule has 0 unspecified atom stereocenters. The van der Waals surface area contributed by atoms with Gasteiger partial charge in [0.2, 0.25) is 0 Å². The highest BCUT2D eigenvalue weighted by Gasteiger charge is 2.17. The maximum Gasteiger partial charge on any atom is 0.196 e. The van der Waals surface area contributed by atoms with Gasteiger partial charge in [0.05, 0.1) is 16.0 Å². The van der Waals surface area contributed by atoms with Gasteiger partial charge in [-0.05, 0) is 36.4 Å². The lowest BCUT2D eigenvalue weighted by atomic mass is 10.2. The number of halogens is 2. The van der Waals surface area contributed by atoms with Gasteiger partial charge in [0.1, 0.15) is 11.6 Å². The molecule has 160 valence electrons. The second-order valence-electron chi connectivity index (χ2n) is 6.79. The van der Waals surface area contributed by atoms with Crippen molar-refractivity contribution in [3.05, 3.63) is 95.0 Å². The van der Waals surface area contributed by atoms with E-state index in [9.17, 15) is 4.39 Å². The van der Waals surface area contributed by atoms with Gasteiger partial charge in [-0.3, -0.25) is 4.57 Å². The number of benzene rings is 3. The number of fused-ring (bicyclic) bond motifs is 1. The monoisotopic (exact) mass is 498 g/mol. The van der Waals surface area contributed by atoms with Crippen molar-refractivity contribution < 1.29 is 4.39 Å². The fraction of sp³-hybridized carbons (Fsp3) is 0.0870. The first-order chi connectivity index (χ1) is 15.7. The summed E-state index contributed by atoms with van der Waals surface area (Å²) in [5.74, 6) is 1.47.